The van der Waals surface area contributed by atoms with Gasteiger partial charge in [0.15, 0.2) is 23.2 Å². The molecule has 0 bridgehead atoms. The fourth-order valence-electron chi connectivity index (χ4n) is 7.20. The Hall–Kier alpha value is -4.23. The first-order valence-electron chi connectivity index (χ1n) is 17.7. The summed E-state index contributed by atoms with van der Waals surface area (Å²) in [6.07, 6.45) is 2.11. The van der Waals surface area contributed by atoms with Crippen LogP contribution < -0.4 is 16.0 Å². The maximum absolute atomic E-state index is 11.0. The van der Waals surface area contributed by atoms with Crippen LogP contribution in [-0.4, -0.2) is 80.4 Å². The number of ether oxygens (including phenoxy) is 2. The van der Waals surface area contributed by atoms with E-state index in [2.05, 4.69) is 94.8 Å². The topological polar surface area (TPSA) is 139 Å². The summed E-state index contributed by atoms with van der Waals surface area (Å²) in [5, 5.41) is 32.7. The van der Waals surface area contributed by atoms with Crippen molar-refractivity contribution >= 4 is 17.0 Å². The molecule has 3 heterocycles. The summed E-state index contributed by atoms with van der Waals surface area (Å²) in [5.41, 5.74) is 4.79. The second-order valence-electron chi connectivity index (χ2n) is 13.4. The Morgan fingerprint density at radius 1 is 0.800 bits per heavy atom. The Balaban J connectivity index is 1.10. The third kappa shape index (κ3) is 7.88. The van der Waals surface area contributed by atoms with Gasteiger partial charge in [-0.15, -0.1) is 0 Å². The second-order valence-corrected chi connectivity index (χ2v) is 13.4. The zero-order valence-corrected chi connectivity index (χ0v) is 28.4. The monoisotopic (exact) mass is 677 g/mol. The number of rotatable bonds is 14. The molecule has 1 aliphatic carbocycles. The van der Waals surface area contributed by atoms with Crippen LogP contribution in [0.3, 0.4) is 0 Å². The van der Waals surface area contributed by atoms with E-state index in [1.54, 1.807) is 18.0 Å². The number of anilines is 1. The normalized spacial score (nSPS) is 23.8. The highest BCUT2D eigenvalue weighted by atomic mass is 16.6. The number of imidazole rings is 1. The quantitative estimate of drug-likeness (QED) is 0.114. The maximum atomic E-state index is 11.0. The van der Waals surface area contributed by atoms with Crippen LogP contribution in [0.4, 0.5) is 5.82 Å². The van der Waals surface area contributed by atoms with Crippen LogP contribution in [0, 0.1) is 0 Å². The van der Waals surface area contributed by atoms with Gasteiger partial charge in [0.1, 0.15) is 24.1 Å². The van der Waals surface area contributed by atoms with E-state index in [4.69, 9.17) is 24.4 Å². The van der Waals surface area contributed by atoms with Gasteiger partial charge in [-0.25, -0.2) is 15.0 Å². The molecule has 50 heavy (non-hydrogen) atoms. The lowest BCUT2D eigenvalue weighted by atomic mass is 9.91. The van der Waals surface area contributed by atoms with Crippen LogP contribution in [0.2, 0.25) is 0 Å². The van der Waals surface area contributed by atoms with Gasteiger partial charge in [0.05, 0.1) is 19.5 Å². The average Bonchev–Trinajstić information content (AvgIpc) is 3.71. The molecular weight excluding hydrogens is 630 g/mol. The summed E-state index contributed by atoms with van der Waals surface area (Å²) in [6, 6.07) is 32.3. The fourth-order valence-corrected chi connectivity index (χ4v) is 7.20. The van der Waals surface area contributed by atoms with E-state index >= 15 is 0 Å². The molecule has 3 aromatic carbocycles. The van der Waals surface area contributed by atoms with Crippen LogP contribution >= 0.6 is 0 Å². The van der Waals surface area contributed by atoms with E-state index in [0.29, 0.717) is 48.0 Å². The van der Waals surface area contributed by atoms with Crippen molar-refractivity contribution in [1.82, 2.24) is 30.2 Å². The molecule has 2 aliphatic rings. The average molecular weight is 678 g/mol. The van der Waals surface area contributed by atoms with Gasteiger partial charge >= 0.3 is 0 Å². The minimum Gasteiger partial charge on any atom is -0.387 e. The number of aromatic nitrogens is 4. The van der Waals surface area contributed by atoms with Gasteiger partial charge in [-0.05, 0) is 42.4 Å². The van der Waals surface area contributed by atoms with Crippen molar-refractivity contribution in [3.63, 3.8) is 0 Å². The van der Waals surface area contributed by atoms with Crippen molar-refractivity contribution in [2.24, 2.45) is 0 Å². The zero-order chi connectivity index (χ0) is 34.3. The first kappa shape index (κ1) is 34.2. The second kappa shape index (κ2) is 16.2. The van der Waals surface area contributed by atoms with E-state index in [0.717, 1.165) is 32.2 Å². The fraction of sp³-hybridized carbons (Fsp3) is 0.410. The van der Waals surface area contributed by atoms with Gasteiger partial charge < -0.3 is 35.6 Å². The van der Waals surface area contributed by atoms with Crippen LogP contribution in [0.5, 0.6) is 0 Å². The number of fused-ring (bicyclic) bond motifs is 1. The van der Waals surface area contributed by atoms with Crippen LogP contribution in [0.25, 0.3) is 11.2 Å². The molecule has 5 N–H and O–H groups in total. The molecule has 0 spiro atoms. The molecule has 11 heteroatoms. The lowest BCUT2D eigenvalue weighted by Crippen LogP contribution is -2.39. The molecule has 1 saturated carbocycles. The number of aliphatic hydroxyl groups is 2. The maximum Gasteiger partial charge on any atom is 0.168 e. The van der Waals surface area contributed by atoms with E-state index in [1.165, 1.54) is 16.7 Å². The van der Waals surface area contributed by atoms with E-state index in [1.807, 2.05) is 12.1 Å². The summed E-state index contributed by atoms with van der Waals surface area (Å²) in [5.74, 6) is 1.29. The highest BCUT2D eigenvalue weighted by Gasteiger charge is 2.44. The molecule has 5 aromatic rings. The number of nitrogens with zero attached hydrogens (tertiary/aromatic N) is 4. The molecule has 2 fully saturated rings. The van der Waals surface area contributed by atoms with Gasteiger partial charge in [0.25, 0.3) is 0 Å². The molecule has 11 nitrogen and oxygen atoms in total. The largest absolute Gasteiger partial charge is 0.387 e. The predicted octanol–water partition coefficient (Wildman–Crippen LogP) is 4.53. The number of nitrogens with one attached hydrogen (secondary N) is 3. The summed E-state index contributed by atoms with van der Waals surface area (Å²) < 4.78 is 13.0. The number of methoxy groups -OCH3 is 1. The first-order chi connectivity index (χ1) is 24.6. The Bertz CT molecular complexity index is 1740. The van der Waals surface area contributed by atoms with Gasteiger partial charge in [-0.1, -0.05) is 91.0 Å². The van der Waals surface area contributed by atoms with Crippen molar-refractivity contribution < 1.29 is 19.7 Å². The molecule has 7 rings (SSSR count). The lowest BCUT2D eigenvalue weighted by Gasteiger charge is -2.30. The summed E-state index contributed by atoms with van der Waals surface area (Å²) >= 11 is 0. The smallest absolute Gasteiger partial charge is 0.168 e. The van der Waals surface area contributed by atoms with Crippen molar-refractivity contribution in [1.29, 1.82) is 0 Å². The lowest BCUT2D eigenvalue weighted by molar-refractivity contribution is -0.0580. The molecular formula is C39H47N7O4. The highest BCUT2D eigenvalue weighted by molar-refractivity contribution is 5.83. The minimum atomic E-state index is -1.17. The van der Waals surface area contributed by atoms with E-state index in [9.17, 15) is 10.2 Å². The van der Waals surface area contributed by atoms with Crippen LogP contribution in [0.1, 0.15) is 60.3 Å². The van der Waals surface area contributed by atoms with Crippen molar-refractivity contribution in [3.05, 3.63) is 120 Å². The molecule has 0 radical (unpaired) electrons. The first-order valence-corrected chi connectivity index (χ1v) is 17.7. The Labute approximate surface area is 293 Å². The third-order valence-corrected chi connectivity index (χ3v) is 10.0. The summed E-state index contributed by atoms with van der Waals surface area (Å²) in [6.45, 7) is 2.10. The van der Waals surface area contributed by atoms with Gasteiger partial charge in [-0.3, -0.25) is 4.57 Å². The number of aliphatic hydroxyl groups excluding tert-OH is 2. The van der Waals surface area contributed by atoms with E-state index < -0.39 is 24.5 Å². The third-order valence-electron chi connectivity index (χ3n) is 10.0. The molecule has 262 valence electrons. The molecule has 2 aromatic heterocycles. The van der Waals surface area contributed by atoms with Gasteiger partial charge in [0, 0.05) is 38.2 Å². The van der Waals surface area contributed by atoms with Gasteiger partial charge in [-0.2, -0.15) is 0 Å². The number of hydrogen-bond donors (Lipinski definition) is 5. The molecule has 4 atom stereocenters. The minimum absolute atomic E-state index is 0.0710. The number of hydrogen-bond acceptors (Lipinski definition) is 10. The van der Waals surface area contributed by atoms with E-state index in [-0.39, 0.29) is 12.5 Å². The Kier molecular flexibility index (Phi) is 11.1. The molecule has 1 aliphatic heterocycles. The standard InChI is InChI=1S/C39H47N7O4/c1-49-24-32-35(47)36(48)39(50-32)46-25-43-34-37(42-22-31(27-13-7-3-8-14-27)28-15-9-4-10-16-28)44-33(45-38(34)46)23-41-30-19-17-29(18-20-30)40-21-26-11-5-2-6-12-26/h2-16,25,29-32,35-36,39-41,47-48H,17-24H2,1H3,(H,42,44,45). The molecule has 4 unspecified atom stereocenters. The highest BCUT2D eigenvalue weighted by Crippen LogP contribution is 2.33. The summed E-state index contributed by atoms with van der Waals surface area (Å²) in [4.78, 5) is 14.6. The molecule has 1 saturated heterocycles. The number of benzene rings is 3. The summed E-state index contributed by atoms with van der Waals surface area (Å²) in [7, 11) is 1.54. The zero-order valence-electron chi connectivity index (χ0n) is 28.4. The van der Waals surface area contributed by atoms with Crippen molar-refractivity contribution in [2.75, 3.05) is 25.6 Å². The van der Waals surface area contributed by atoms with Crippen LogP contribution in [-0.2, 0) is 22.6 Å². The van der Waals surface area contributed by atoms with Crippen molar-refractivity contribution in [3.8, 4) is 0 Å². The SMILES string of the molecule is COCC1OC(n2cnc3c(NCC(c4ccccc4)c4ccccc4)nc(CNC4CCC(NCc5ccccc5)CC4)nc32)C(O)C1O. The Morgan fingerprint density at radius 2 is 1.40 bits per heavy atom. The Morgan fingerprint density at radius 3 is 2.02 bits per heavy atom. The predicted molar refractivity (Wildman–Crippen MR) is 193 cm³/mol. The van der Waals surface area contributed by atoms with Crippen molar-refractivity contribution in [2.45, 2.75) is 81.3 Å². The molecule has 0 amide bonds. The van der Waals surface area contributed by atoms with Gasteiger partial charge in [0.2, 0.25) is 0 Å². The van der Waals surface area contributed by atoms with Crippen LogP contribution in [0.15, 0.2) is 97.3 Å².